The first-order valence-corrected chi connectivity index (χ1v) is 10.6. The van der Waals surface area contributed by atoms with Gasteiger partial charge in [0.1, 0.15) is 5.41 Å². The number of anilines is 1. The standard InChI is InChI=1S/C23H35N5O3/c1-6-26(16-23(3,17-29)22(30)31)15-18(2)27-11-13-28(14-12-27)20-9-7-19(8-10-20)21(24-4)25-5/h7-10,29H,2,4,6,11-17H2,1,3,5H3,(H,30,31). The van der Waals surface area contributed by atoms with Crippen LogP contribution in [0.25, 0.3) is 0 Å². The van der Waals surface area contributed by atoms with Gasteiger partial charge in [-0.1, -0.05) is 13.5 Å². The SMILES string of the molecule is C=NC(=NC)c1ccc(N2CCN(C(=C)CN(CC)CC(C)(CO)C(=O)O)CC2)cc1. The van der Waals surface area contributed by atoms with Crippen LogP contribution in [0.2, 0.25) is 0 Å². The van der Waals surface area contributed by atoms with Crippen molar-refractivity contribution in [3.05, 3.63) is 42.1 Å². The van der Waals surface area contributed by atoms with E-state index in [0.717, 1.165) is 43.1 Å². The third kappa shape index (κ3) is 6.15. The van der Waals surface area contributed by atoms with Gasteiger partial charge in [-0.15, -0.1) is 0 Å². The Kier molecular flexibility index (Phi) is 8.76. The summed E-state index contributed by atoms with van der Waals surface area (Å²) in [6.45, 7) is 16.0. The average Bonchev–Trinajstić information content (AvgIpc) is 2.79. The van der Waals surface area contributed by atoms with E-state index in [1.54, 1.807) is 14.0 Å². The maximum Gasteiger partial charge on any atom is 0.313 e. The number of carbonyl (C=O) groups is 1. The Morgan fingerprint density at radius 3 is 2.29 bits per heavy atom. The molecule has 0 aromatic heterocycles. The summed E-state index contributed by atoms with van der Waals surface area (Å²) < 4.78 is 0. The van der Waals surface area contributed by atoms with Crippen LogP contribution in [0.5, 0.6) is 0 Å². The van der Waals surface area contributed by atoms with Gasteiger partial charge in [0.2, 0.25) is 0 Å². The van der Waals surface area contributed by atoms with Crippen molar-refractivity contribution in [1.82, 2.24) is 9.80 Å². The second-order valence-corrected chi connectivity index (χ2v) is 8.12. The minimum absolute atomic E-state index is 0.281. The van der Waals surface area contributed by atoms with Gasteiger partial charge in [0, 0.05) is 63.3 Å². The summed E-state index contributed by atoms with van der Waals surface area (Å²) >= 11 is 0. The molecule has 1 fully saturated rings. The number of rotatable bonds is 10. The monoisotopic (exact) mass is 429 g/mol. The van der Waals surface area contributed by atoms with Gasteiger partial charge in [-0.25, -0.2) is 4.99 Å². The third-order valence-corrected chi connectivity index (χ3v) is 5.87. The number of benzene rings is 1. The Morgan fingerprint density at radius 1 is 1.23 bits per heavy atom. The predicted octanol–water partition coefficient (Wildman–Crippen LogP) is 1.80. The summed E-state index contributed by atoms with van der Waals surface area (Å²) in [5.41, 5.74) is 1.90. The topological polar surface area (TPSA) is 92.0 Å². The average molecular weight is 430 g/mol. The number of aliphatic carboxylic acids is 1. The molecular weight excluding hydrogens is 394 g/mol. The number of hydrogen-bond donors (Lipinski definition) is 2. The van der Waals surface area contributed by atoms with Crippen molar-refractivity contribution in [2.75, 3.05) is 64.4 Å². The van der Waals surface area contributed by atoms with Crippen molar-refractivity contribution in [2.45, 2.75) is 13.8 Å². The summed E-state index contributed by atoms with van der Waals surface area (Å²) in [5.74, 6) is -0.353. The lowest BCUT2D eigenvalue weighted by Crippen LogP contribution is -2.49. The van der Waals surface area contributed by atoms with Gasteiger partial charge in [-0.2, -0.15) is 0 Å². The Bertz CT molecular complexity index is 800. The molecule has 0 spiro atoms. The molecule has 1 atom stereocenters. The molecule has 0 radical (unpaired) electrons. The number of aliphatic hydroxyl groups excluding tert-OH is 1. The fourth-order valence-corrected chi connectivity index (χ4v) is 3.71. The molecule has 1 heterocycles. The van der Waals surface area contributed by atoms with Crippen LogP contribution in [0.4, 0.5) is 5.69 Å². The molecule has 8 nitrogen and oxygen atoms in total. The van der Waals surface area contributed by atoms with Crippen LogP contribution in [-0.4, -0.2) is 98.0 Å². The number of aliphatic imine (C=N–C) groups is 2. The molecule has 0 aliphatic carbocycles. The van der Waals surface area contributed by atoms with E-state index < -0.39 is 18.0 Å². The van der Waals surface area contributed by atoms with E-state index >= 15 is 0 Å². The van der Waals surface area contributed by atoms with Crippen molar-refractivity contribution in [1.29, 1.82) is 0 Å². The lowest BCUT2D eigenvalue weighted by atomic mass is 9.91. The van der Waals surface area contributed by atoms with E-state index in [1.807, 2.05) is 24.0 Å². The van der Waals surface area contributed by atoms with E-state index in [1.165, 1.54) is 0 Å². The summed E-state index contributed by atoms with van der Waals surface area (Å²) in [7, 11) is 1.70. The number of carboxylic acid groups (broad SMARTS) is 1. The van der Waals surface area contributed by atoms with E-state index in [9.17, 15) is 15.0 Å². The van der Waals surface area contributed by atoms with Gasteiger partial charge in [0.25, 0.3) is 0 Å². The fourth-order valence-electron chi connectivity index (χ4n) is 3.71. The number of amidine groups is 1. The van der Waals surface area contributed by atoms with E-state index in [4.69, 9.17) is 0 Å². The zero-order valence-corrected chi connectivity index (χ0v) is 18.9. The second-order valence-electron chi connectivity index (χ2n) is 8.12. The molecule has 170 valence electrons. The second kappa shape index (κ2) is 11.1. The highest BCUT2D eigenvalue weighted by molar-refractivity contribution is 6.01. The minimum atomic E-state index is -1.18. The summed E-state index contributed by atoms with van der Waals surface area (Å²) in [5, 5.41) is 19.0. The smallest absolute Gasteiger partial charge is 0.313 e. The molecule has 1 unspecified atom stereocenters. The van der Waals surface area contributed by atoms with Crippen LogP contribution < -0.4 is 4.90 Å². The highest BCUT2D eigenvalue weighted by Gasteiger charge is 2.34. The van der Waals surface area contributed by atoms with Crippen molar-refractivity contribution in [3.8, 4) is 0 Å². The van der Waals surface area contributed by atoms with Gasteiger partial charge in [-0.3, -0.25) is 14.7 Å². The van der Waals surface area contributed by atoms with Gasteiger partial charge in [0.15, 0.2) is 5.84 Å². The number of piperazine rings is 1. The Hall–Kier alpha value is -2.71. The third-order valence-electron chi connectivity index (χ3n) is 5.87. The zero-order chi connectivity index (χ0) is 23.0. The van der Waals surface area contributed by atoms with E-state index in [0.29, 0.717) is 18.9 Å². The zero-order valence-electron chi connectivity index (χ0n) is 18.9. The van der Waals surface area contributed by atoms with Gasteiger partial charge >= 0.3 is 5.97 Å². The highest BCUT2D eigenvalue weighted by Crippen LogP contribution is 2.21. The normalized spacial score (nSPS) is 16.9. The first kappa shape index (κ1) is 24.6. The van der Waals surface area contributed by atoms with Crippen molar-refractivity contribution < 1.29 is 15.0 Å². The van der Waals surface area contributed by atoms with Crippen LogP contribution in [0.15, 0.2) is 46.5 Å². The lowest BCUT2D eigenvalue weighted by molar-refractivity contribution is -0.151. The number of hydrogen-bond acceptors (Lipinski definition) is 6. The molecule has 2 N–H and O–H groups in total. The van der Waals surface area contributed by atoms with Crippen LogP contribution in [0.1, 0.15) is 19.4 Å². The molecule has 1 aromatic rings. The maximum atomic E-state index is 11.5. The molecule has 1 aliphatic rings. The number of likely N-dealkylation sites (N-methyl/N-ethyl adjacent to an activating group) is 1. The highest BCUT2D eigenvalue weighted by atomic mass is 16.4. The van der Waals surface area contributed by atoms with Crippen LogP contribution in [0, 0.1) is 5.41 Å². The number of aliphatic hydroxyl groups is 1. The molecule has 2 rings (SSSR count). The molecule has 0 bridgehead atoms. The molecule has 1 aromatic carbocycles. The summed E-state index contributed by atoms with van der Waals surface area (Å²) in [6, 6.07) is 8.18. The van der Waals surface area contributed by atoms with Crippen molar-refractivity contribution in [3.63, 3.8) is 0 Å². The van der Waals surface area contributed by atoms with Gasteiger partial charge < -0.3 is 20.0 Å². The predicted molar refractivity (Wildman–Crippen MR) is 126 cm³/mol. The fraction of sp³-hybridized carbons (Fsp3) is 0.522. The minimum Gasteiger partial charge on any atom is -0.481 e. The first-order valence-electron chi connectivity index (χ1n) is 10.6. The molecule has 0 amide bonds. The molecule has 31 heavy (non-hydrogen) atoms. The quantitative estimate of drug-likeness (QED) is 0.435. The van der Waals surface area contributed by atoms with E-state index in [-0.39, 0.29) is 6.54 Å². The first-order chi connectivity index (χ1) is 14.8. The van der Waals surface area contributed by atoms with Crippen molar-refractivity contribution >= 4 is 24.2 Å². The molecule has 0 saturated carbocycles. The number of nitrogens with zero attached hydrogens (tertiary/aromatic N) is 5. The Morgan fingerprint density at radius 2 is 1.84 bits per heavy atom. The lowest BCUT2D eigenvalue weighted by Gasteiger charge is -2.40. The summed E-state index contributed by atoms with van der Waals surface area (Å²) in [6.07, 6.45) is 0. The van der Waals surface area contributed by atoms with Gasteiger partial charge in [-0.05, 0) is 44.5 Å². The largest absolute Gasteiger partial charge is 0.481 e. The molecule has 8 heteroatoms. The van der Waals surface area contributed by atoms with Crippen LogP contribution in [0.3, 0.4) is 0 Å². The van der Waals surface area contributed by atoms with Crippen LogP contribution >= 0.6 is 0 Å². The molecular formula is C23H35N5O3. The van der Waals surface area contributed by atoms with E-state index in [2.05, 4.69) is 45.2 Å². The van der Waals surface area contributed by atoms with Crippen LogP contribution in [-0.2, 0) is 4.79 Å². The Balaban J connectivity index is 1.92. The molecule has 1 saturated heterocycles. The number of carboxylic acids is 1. The van der Waals surface area contributed by atoms with Crippen molar-refractivity contribution in [2.24, 2.45) is 15.4 Å². The van der Waals surface area contributed by atoms with Gasteiger partial charge in [0.05, 0.1) is 6.61 Å². The molecule has 1 aliphatic heterocycles. The summed E-state index contributed by atoms with van der Waals surface area (Å²) in [4.78, 5) is 26.2. The Labute approximate surface area is 185 Å². The maximum absolute atomic E-state index is 11.5.